The van der Waals surface area contributed by atoms with Crippen LogP contribution in [0.4, 0.5) is 5.69 Å². The number of hydrogen-bond acceptors (Lipinski definition) is 3. The lowest BCUT2D eigenvalue weighted by Crippen LogP contribution is -2.30. The Bertz CT molecular complexity index is 1150. The van der Waals surface area contributed by atoms with Crippen molar-refractivity contribution in [1.82, 2.24) is 5.32 Å². The lowest BCUT2D eigenvalue weighted by Gasteiger charge is -2.16. The maximum absolute atomic E-state index is 12.9. The first-order valence-electron chi connectivity index (χ1n) is 9.38. The smallest absolute Gasteiger partial charge is 0.266 e. The molecule has 3 aromatic rings. The van der Waals surface area contributed by atoms with Crippen molar-refractivity contribution in [2.45, 2.75) is 20.4 Å². The summed E-state index contributed by atoms with van der Waals surface area (Å²) in [6.45, 7) is 4.23. The van der Waals surface area contributed by atoms with Gasteiger partial charge in [-0.3, -0.25) is 14.4 Å². The van der Waals surface area contributed by atoms with Crippen molar-refractivity contribution >= 4 is 23.4 Å². The van der Waals surface area contributed by atoms with Crippen molar-refractivity contribution in [3.8, 4) is 0 Å². The van der Waals surface area contributed by atoms with E-state index in [2.05, 4.69) is 5.32 Å². The molecule has 3 aromatic carbocycles. The number of anilines is 1. The van der Waals surface area contributed by atoms with Crippen molar-refractivity contribution in [3.05, 3.63) is 100 Å². The summed E-state index contributed by atoms with van der Waals surface area (Å²) in [5.41, 5.74) is 4.43. The van der Waals surface area contributed by atoms with E-state index in [1.807, 2.05) is 50.2 Å². The summed E-state index contributed by atoms with van der Waals surface area (Å²) in [4.78, 5) is 39.5. The average Bonchev–Trinajstić information content (AvgIpc) is 2.97. The van der Waals surface area contributed by atoms with E-state index < -0.39 is 5.91 Å². The number of aryl methyl sites for hydroxylation is 2. The molecule has 1 aliphatic rings. The molecule has 4 rings (SSSR count). The van der Waals surface area contributed by atoms with Crippen LogP contribution in [-0.2, 0) is 6.54 Å². The second-order valence-electron chi connectivity index (χ2n) is 7.10. The van der Waals surface area contributed by atoms with Crippen LogP contribution in [0, 0.1) is 13.8 Å². The van der Waals surface area contributed by atoms with Crippen molar-refractivity contribution in [2.24, 2.45) is 0 Å². The Balaban J connectivity index is 1.58. The Morgan fingerprint density at radius 1 is 0.828 bits per heavy atom. The van der Waals surface area contributed by atoms with Crippen LogP contribution in [0.5, 0.6) is 0 Å². The molecule has 0 unspecified atom stereocenters. The Labute approximate surface area is 169 Å². The van der Waals surface area contributed by atoms with Gasteiger partial charge < -0.3 is 5.32 Å². The van der Waals surface area contributed by atoms with Gasteiger partial charge >= 0.3 is 0 Å². The average molecular weight is 384 g/mol. The minimum atomic E-state index is -0.409. The second-order valence-corrected chi connectivity index (χ2v) is 7.10. The Kier molecular flexibility index (Phi) is 4.72. The first-order valence-corrected chi connectivity index (χ1v) is 9.38. The predicted molar refractivity (Wildman–Crippen MR) is 111 cm³/mol. The number of benzene rings is 3. The fourth-order valence-corrected chi connectivity index (χ4v) is 3.50. The first kappa shape index (κ1) is 18.6. The van der Waals surface area contributed by atoms with Gasteiger partial charge in [-0.2, -0.15) is 0 Å². The van der Waals surface area contributed by atoms with E-state index in [-0.39, 0.29) is 17.4 Å². The lowest BCUT2D eigenvalue weighted by molar-refractivity contribution is 0.0923. The molecule has 0 fully saturated rings. The zero-order valence-electron chi connectivity index (χ0n) is 16.2. The summed E-state index contributed by atoms with van der Waals surface area (Å²) in [5, 5.41) is 2.88. The number of nitrogens with zero attached hydrogens (tertiary/aromatic N) is 1. The summed E-state index contributed by atoms with van der Waals surface area (Å²) < 4.78 is 0. The van der Waals surface area contributed by atoms with Gasteiger partial charge in [0, 0.05) is 12.1 Å². The number of rotatable bonds is 4. The van der Waals surface area contributed by atoms with Crippen LogP contribution in [0.2, 0.25) is 0 Å². The predicted octanol–water partition coefficient (Wildman–Crippen LogP) is 4.03. The van der Waals surface area contributed by atoms with Crippen LogP contribution in [0.3, 0.4) is 0 Å². The highest BCUT2D eigenvalue weighted by atomic mass is 16.2. The summed E-state index contributed by atoms with van der Waals surface area (Å²) in [5.74, 6) is -1.07. The maximum Gasteiger partial charge on any atom is 0.266 e. The SMILES string of the molecule is Cc1ccccc1CNC(=O)c1ccc2c(c1)C(=O)N(c1ccccc1C)C2=O. The fourth-order valence-electron chi connectivity index (χ4n) is 3.50. The molecule has 0 aliphatic carbocycles. The van der Waals surface area contributed by atoms with Gasteiger partial charge in [-0.15, -0.1) is 0 Å². The van der Waals surface area contributed by atoms with Crippen molar-refractivity contribution in [3.63, 3.8) is 0 Å². The second kappa shape index (κ2) is 7.36. The number of amides is 3. The van der Waals surface area contributed by atoms with E-state index in [0.29, 0.717) is 23.4 Å². The monoisotopic (exact) mass is 384 g/mol. The summed E-state index contributed by atoms with van der Waals surface area (Å²) in [6.07, 6.45) is 0. The highest BCUT2D eigenvalue weighted by Gasteiger charge is 2.37. The quantitative estimate of drug-likeness (QED) is 0.691. The molecular weight excluding hydrogens is 364 g/mol. The van der Waals surface area contributed by atoms with Crippen molar-refractivity contribution in [2.75, 3.05) is 4.90 Å². The highest BCUT2D eigenvalue weighted by molar-refractivity contribution is 6.35. The number of carbonyl (C=O) groups excluding carboxylic acids is 3. The van der Waals surface area contributed by atoms with Gasteiger partial charge in [-0.1, -0.05) is 42.5 Å². The number of fused-ring (bicyclic) bond motifs is 1. The summed E-state index contributed by atoms with van der Waals surface area (Å²) in [6, 6.07) is 19.7. The van der Waals surface area contributed by atoms with Gasteiger partial charge in [0.2, 0.25) is 0 Å². The first-order chi connectivity index (χ1) is 14.0. The molecule has 1 heterocycles. The third-order valence-corrected chi connectivity index (χ3v) is 5.21. The third kappa shape index (κ3) is 3.31. The van der Waals surface area contributed by atoms with Crippen LogP contribution in [0.1, 0.15) is 47.8 Å². The maximum atomic E-state index is 12.9. The molecule has 5 heteroatoms. The molecule has 0 saturated heterocycles. The number of imide groups is 1. The normalized spacial score (nSPS) is 12.8. The van der Waals surface area contributed by atoms with Crippen molar-refractivity contribution in [1.29, 1.82) is 0 Å². The molecule has 1 aliphatic heterocycles. The molecule has 0 atom stereocenters. The minimum Gasteiger partial charge on any atom is -0.348 e. The van der Waals surface area contributed by atoms with Crippen LogP contribution >= 0.6 is 0 Å². The van der Waals surface area contributed by atoms with Gasteiger partial charge in [0.25, 0.3) is 17.7 Å². The molecule has 0 aromatic heterocycles. The molecule has 0 saturated carbocycles. The standard InChI is InChI=1S/C24H20N2O3/c1-15-7-3-5-9-18(15)14-25-22(27)17-11-12-19-20(13-17)24(29)26(23(19)28)21-10-6-4-8-16(21)2/h3-13H,14H2,1-2H3,(H,25,27). The molecule has 3 amide bonds. The Morgan fingerprint density at radius 3 is 2.21 bits per heavy atom. The molecule has 144 valence electrons. The number of hydrogen-bond donors (Lipinski definition) is 1. The van der Waals surface area contributed by atoms with Crippen LogP contribution < -0.4 is 10.2 Å². The van der Waals surface area contributed by atoms with Crippen LogP contribution in [0.25, 0.3) is 0 Å². The summed E-state index contributed by atoms with van der Waals surface area (Å²) >= 11 is 0. The van der Waals surface area contributed by atoms with Gasteiger partial charge in [-0.25, -0.2) is 4.90 Å². The fraction of sp³-hybridized carbons (Fsp3) is 0.125. The number of para-hydroxylation sites is 1. The van der Waals surface area contributed by atoms with E-state index in [1.54, 1.807) is 24.3 Å². The Hall–Kier alpha value is -3.73. The topological polar surface area (TPSA) is 66.5 Å². The van der Waals surface area contributed by atoms with Crippen molar-refractivity contribution < 1.29 is 14.4 Å². The zero-order valence-corrected chi connectivity index (χ0v) is 16.2. The molecule has 0 spiro atoms. The van der Waals surface area contributed by atoms with E-state index in [4.69, 9.17) is 0 Å². The number of nitrogens with one attached hydrogen (secondary N) is 1. The molecular formula is C24H20N2O3. The minimum absolute atomic E-state index is 0.252. The largest absolute Gasteiger partial charge is 0.348 e. The molecule has 5 nitrogen and oxygen atoms in total. The third-order valence-electron chi connectivity index (χ3n) is 5.21. The van der Waals surface area contributed by atoms with E-state index in [0.717, 1.165) is 16.7 Å². The zero-order chi connectivity index (χ0) is 20.5. The molecule has 0 radical (unpaired) electrons. The van der Waals surface area contributed by atoms with E-state index in [1.165, 1.54) is 11.0 Å². The van der Waals surface area contributed by atoms with Gasteiger partial charge in [0.15, 0.2) is 0 Å². The Morgan fingerprint density at radius 2 is 1.48 bits per heavy atom. The van der Waals surface area contributed by atoms with Crippen LogP contribution in [-0.4, -0.2) is 17.7 Å². The number of carbonyl (C=O) groups is 3. The van der Waals surface area contributed by atoms with E-state index >= 15 is 0 Å². The van der Waals surface area contributed by atoms with E-state index in [9.17, 15) is 14.4 Å². The summed E-state index contributed by atoms with van der Waals surface area (Å²) in [7, 11) is 0. The molecule has 1 N–H and O–H groups in total. The highest BCUT2D eigenvalue weighted by Crippen LogP contribution is 2.31. The molecule has 0 bridgehead atoms. The van der Waals surface area contributed by atoms with Gasteiger partial charge in [-0.05, 0) is 54.8 Å². The van der Waals surface area contributed by atoms with Gasteiger partial charge in [0.05, 0.1) is 16.8 Å². The molecule has 29 heavy (non-hydrogen) atoms. The van der Waals surface area contributed by atoms with Gasteiger partial charge in [0.1, 0.15) is 0 Å². The van der Waals surface area contributed by atoms with Crippen LogP contribution in [0.15, 0.2) is 66.7 Å². The lowest BCUT2D eigenvalue weighted by atomic mass is 10.0.